The van der Waals surface area contributed by atoms with Crippen LogP contribution in [0.25, 0.3) is 0 Å². The lowest BCUT2D eigenvalue weighted by Gasteiger charge is -2.05. The van der Waals surface area contributed by atoms with Gasteiger partial charge in [-0.3, -0.25) is 4.79 Å². The van der Waals surface area contributed by atoms with Gasteiger partial charge in [0.05, 0.1) is 5.92 Å². The molecule has 10 heavy (non-hydrogen) atoms. The van der Waals surface area contributed by atoms with Crippen molar-refractivity contribution in [2.45, 2.75) is 6.55 Å². The van der Waals surface area contributed by atoms with Crippen LogP contribution in [0, 0.1) is 5.92 Å². The predicted octanol–water partition coefficient (Wildman–Crippen LogP) is 0.650. The van der Waals surface area contributed by atoms with Gasteiger partial charge in [0, 0.05) is 0 Å². The lowest BCUT2D eigenvalue weighted by atomic mass is 10.1. The predicted molar refractivity (Wildman–Crippen MR) is 44.4 cm³/mol. The molecule has 0 spiro atoms. The summed E-state index contributed by atoms with van der Waals surface area (Å²) < 4.78 is 4.84. The number of carbonyl (C=O) groups is 1. The number of carbonyl (C=O) groups excluding carboxylic acids is 1. The molecule has 0 heterocycles. The van der Waals surface area contributed by atoms with Crippen LogP contribution in [-0.2, 0) is 9.22 Å². The molecule has 3 heteroatoms. The van der Waals surface area contributed by atoms with Gasteiger partial charge in [0.1, 0.15) is 0 Å². The number of hydrogen-bond acceptors (Lipinski definition) is 2. The average Bonchev–Trinajstić information content (AvgIpc) is 1.91. The molecule has 0 aromatic rings. The number of rotatable bonds is 4. The summed E-state index contributed by atoms with van der Waals surface area (Å²) in [7, 11) is -0.640. The highest BCUT2D eigenvalue weighted by atomic mass is 28.2. The van der Waals surface area contributed by atoms with Crippen molar-refractivity contribution in [3.63, 3.8) is 0 Å². The first-order valence-electron chi connectivity index (χ1n) is 3.18. The van der Waals surface area contributed by atoms with E-state index in [2.05, 4.69) is 13.2 Å². The smallest absolute Gasteiger partial charge is 0.302 e. The molecular formula is C7H12O2Si. The molecule has 0 saturated heterocycles. The van der Waals surface area contributed by atoms with Crippen LogP contribution in [-0.4, -0.2) is 15.7 Å². The molecule has 0 aromatic carbocycles. The topological polar surface area (TPSA) is 26.3 Å². The molecule has 0 aliphatic rings. The van der Waals surface area contributed by atoms with E-state index in [1.807, 2.05) is 6.55 Å². The van der Waals surface area contributed by atoms with E-state index in [0.717, 1.165) is 0 Å². The van der Waals surface area contributed by atoms with Crippen molar-refractivity contribution in [1.29, 1.82) is 0 Å². The Morgan fingerprint density at radius 3 is 2.40 bits per heavy atom. The first-order chi connectivity index (χ1) is 4.76. The van der Waals surface area contributed by atoms with Crippen molar-refractivity contribution in [2.75, 3.05) is 0 Å². The van der Waals surface area contributed by atoms with Gasteiger partial charge >= 0.3 is 5.97 Å². The molecule has 0 rings (SSSR count). The summed E-state index contributed by atoms with van der Waals surface area (Å²) in [6, 6.07) is 0. The van der Waals surface area contributed by atoms with Gasteiger partial charge in [0.15, 0.2) is 0 Å². The quantitative estimate of drug-likeness (QED) is 0.441. The monoisotopic (exact) mass is 156 g/mol. The largest absolute Gasteiger partial charge is 0.525 e. The minimum absolute atomic E-state index is 0.223. The highest BCUT2D eigenvalue weighted by Gasteiger charge is 2.09. The zero-order valence-corrected chi connectivity index (χ0v) is 7.58. The molecule has 56 valence electrons. The van der Waals surface area contributed by atoms with E-state index in [1.54, 1.807) is 0 Å². The molecule has 2 nitrogen and oxygen atoms in total. The van der Waals surface area contributed by atoms with Crippen LogP contribution in [0.3, 0.4) is 0 Å². The SMILES string of the molecule is C=CC(C=C)C(=O)O[SiH2]C. The van der Waals surface area contributed by atoms with Crippen molar-refractivity contribution in [3.8, 4) is 0 Å². The Balaban J connectivity index is 3.88. The summed E-state index contributed by atoms with van der Waals surface area (Å²) in [5, 5.41) is 0. The van der Waals surface area contributed by atoms with Crippen LogP contribution in [0.5, 0.6) is 0 Å². The van der Waals surface area contributed by atoms with Gasteiger partial charge in [-0.05, 0) is 6.55 Å². The lowest BCUT2D eigenvalue weighted by Crippen LogP contribution is -2.14. The molecule has 0 atom stereocenters. The molecule has 0 amide bonds. The van der Waals surface area contributed by atoms with Gasteiger partial charge in [-0.25, -0.2) is 0 Å². The van der Waals surface area contributed by atoms with Crippen molar-refractivity contribution >= 4 is 15.7 Å². The molecule has 0 unspecified atom stereocenters. The second-order valence-electron chi connectivity index (χ2n) is 1.75. The Morgan fingerprint density at radius 2 is 2.10 bits per heavy atom. The van der Waals surface area contributed by atoms with Gasteiger partial charge in [-0.15, -0.1) is 13.2 Å². The fourth-order valence-electron chi connectivity index (χ4n) is 0.527. The average molecular weight is 156 g/mol. The molecule has 0 saturated carbocycles. The van der Waals surface area contributed by atoms with Crippen LogP contribution in [0.15, 0.2) is 25.3 Å². The van der Waals surface area contributed by atoms with Crippen LogP contribution in [0.2, 0.25) is 6.55 Å². The van der Waals surface area contributed by atoms with E-state index >= 15 is 0 Å². The van der Waals surface area contributed by atoms with Crippen LogP contribution in [0.1, 0.15) is 0 Å². The summed E-state index contributed by atoms with van der Waals surface area (Å²) in [6.07, 6.45) is 3.05. The fourth-order valence-corrected chi connectivity index (χ4v) is 1.00. The minimum Gasteiger partial charge on any atom is -0.525 e. The van der Waals surface area contributed by atoms with E-state index in [1.165, 1.54) is 12.2 Å². The Morgan fingerprint density at radius 1 is 1.60 bits per heavy atom. The molecule has 0 N–H and O–H groups in total. The highest BCUT2D eigenvalue weighted by molar-refractivity contribution is 6.28. The second-order valence-corrected chi connectivity index (χ2v) is 2.62. The van der Waals surface area contributed by atoms with Gasteiger partial charge in [0.25, 0.3) is 0 Å². The molecule has 0 aliphatic carbocycles. The summed E-state index contributed by atoms with van der Waals surface area (Å²) in [6.45, 7) is 8.86. The fraction of sp³-hybridized carbons (Fsp3) is 0.286. The summed E-state index contributed by atoms with van der Waals surface area (Å²) in [5.41, 5.74) is 0. The third kappa shape index (κ3) is 2.64. The molecule has 0 aromatic heterocycles. The molecule has 0 radical (unpaired) electrons. The van der Waals surface area contributed by atoms with E-state index < -0.39 is 9.76 Å². The maximum absolute atomic E-state index is 10.9. The summed E-state index contributed by atoms with van der Waals surface area (Å²) >= 11 is 0. The Labute approximate surface area is 63.5 Å². The first kappa shape index (κ1) is 9.17. The van der Waals surface area contributed by atoms with Crippen molar-refractivity contribution in [3.05, 3.63) is 25.3 Å². The van der Waals surface area contributed by atoms with Gasteiger partial charge in [-0.1, -0.05) is 12.2 Å². The van der Waals surface area contributed by atoms with E-state index in [-0.39, 0.29) is 11.9 Å². The Hall–Kier alpha value is -0.833. The zero-order chi connectivity index (χ0) is 7.98. The molecule has 0 bridgehead atoms. The van der Waals surface area contributed by atoms with E-state index in [9.17, 15) is 4.79 Å². The Bertz CT molecular complexity index is 135. The zero-order valence-electron chi connectivity index (χ0n) is 6.17. The summed E-state index contributed by atoms with van der Waals surface area (Å²) in [4.78, 5) is 10.9. The minimum atomic E-state index is -0.640. The van der Waals surface area contributed by atoms with Crippen molar-refractivity contribution in [2.24, 2.45) is 5.92 Å². The van der Waals surface area contributed by atoms with Gasteiger partial charge in [-0.2, -0.15) is 0 Å². The van der Waals surface area contributed by atoms with Gasteiger partial charge in [0.2, 0.25) is 9.76 Å². The molecule has 0 fully saturated rings. The van der Waals surface area contributed by atoms with E-state index in [4.69, 9.17) is 4.43 Å². The van der Waals surface area contributed by atoms with Crippen LogP contribution < -0.4 is 0 Å². The highest BCUT2D eigenvalue weighted by Crippen LogP contribution is 2.00. The summed E-state index contributed by atoms with van der Waals surface area (Å²) in [5.74, 6) is -0.549. The molecular weight excluding hydrogens is 144 g/mol. The third-order valence-electron chi connectivity index (χ3n) is 1.07. The van der Waals surface area contributed by atoms with Crippen molar-refractivity contribution < 1.29 is 9.22 Å². The van der Waals surface area contributed by atoms with Crippen molar-refractivity contribution in [1.82, 2.24) is 0 Å². The van der Waals surface area contributed by atoms with Crippen LogP contribution in [0.4, 0.5) is 0 Å². The Kier molecular flexibility index (Phi) is 4.58. The second kappa shape index (κ2) is 4.99. The standard InChI is InChI=1S/C7H12O2Si/c1-4-6(5-2)7(8)9-10-3/h4-6H,1-2,10H2,3H3. The maximum atomic E-state index is 10.9. The lowest BCUT2D eigenvalue weighted by molar-refractivity contribution is -0.135. The molecule has 0 aliphatic heterocycles. The normalized spacial score (nSPS) is 10.2. The first-order valence-corrected chi connectivity index (χ1v) is 5.17. The maximum Gasteiger partial charge on any atom is 0.302 e. The number of hydrogen-bond donors (Lipinski definition) is 0. The third-order valence-corrected chi connectivity index (χ3v) is 1.64. The van der Waals surface area contributed by atoms with E-state index in [0.29, 0.717) is 0 Å². The van der Waals surface area contributed by atoms with Gasteiger partial charge < -0.3 is 4.43 Å². The van der Waals surface area contributed by atoms with Crippen LogP contribution >= 0.6 is 0 Å².